The molecule has 23 heavy (non-hydrogen) atoms. The maximum Gasteiger partial charge on any atom is 0.271 e. The molecular weight excluding hydrogens is 286 g/mol. The van der Waals surface area contributed by atoms with Crippen LogP contribution < -0.4 is 5.56 Å². The third kappa shape index (κ3) is 2.55. The lowest BCUT2D eigenvalue weighted by Gasteiger charge is -2.24. The smallest absolute Gasteiger partial charge is 0.271 e. The standard InChI is InChI=1S/C19H19N3O/c1-22(18-11-10-13-6-2-3-7-14(13)18)12-17-19(23)21-16-9-5-4-8-15(16)20-17/h2-9,18H,10-12H2,1H3,(H,21,23). The molecule has 0 saturated carbocycles. The topological polar surface area (TPSA) is 49.0 Å². The number of hydrogen-bond donors (Lipinski definition) is 1. The van der Waals surface area contributed by atoms with Gasteiger partial charge >= 0.3 is 0 Å². The summed E-state index contributed by atoms with van der Waals surface area (Å²) in [5.74, 6) is 0. The molecular formula is C19H19N3O. The molecule has 1 aliphatic carbocycles. The van der Waals surface area contributed by atoms with E-state index in [0.29, 0.717) is 18.3 Å². The molecule has 116 valence electrons. The summed E-state index contributed by atoms with van der Waals surface area (Å²) < 4.78 is 0. The van der Waals surface area contributed by atoms with Crippen molar-refractivity contribution >= 4 is 11.0 Å². The molecule has 0 spiro atoms. The molecule has 0 amide bonds. The third-order valence-electron chi connectivity index (χ3n) is 4.70. The second-order valence-corrected chi connectivity index (χ2v) is 6.20. The van der Waals surface area contributed by atoms with Gasteiger partial charge in [0.25, 0.3) is 5.56 Å². The molecule has 0 aliphatic heterocycles. The zero-order valence-electron chi connectivity index (χ0n) is 13.1. The number of aromatic amines is 1. The first-order valence-corrected chi connectivity index (χ1v) is 7.98. The van der Waals surface area contributed by atoms with Crippen LogP contribution in [0.3, 0.4) is 0 Å². The minimum absolute atomic E-state index is 0.0955. The van der Waals surface area contributed by atoms with E-state index in [2.05, 4.69) is 46.2 Å². The number of nitrogens with one attached hydrogen (secondary N) is 1. The first-order valence-electron chi connectivity index (χ1n) is 7.98. The summed E-state index contributed by atoms with van der Waals surface area (Å²) in [5, 5.41) is 0. The number of rotatable bonds is 3. The highest BCUT2D eigenvalue weighted by molar-refractivity contribution is 5.73. The Balaban J connectivity index is 1.63. The molecule has 0 radical (unpaired) electrons. The highest BCUT2D eigenvalue weighted by Gasteiger charge is 2.26. The quantitative estimate of drug-likeness (QED) is 0.809. The highest BCUT2D eigenvalue weighted by atomic mass is 16.1. The lowest BCUT2D eigenvalue weighted by molar-refractivity contribution is 0.232. The van der Waals surface area contributed by atoms with Gasteiger partial charge in [0.05, 0.1) is 11.0 Å². The zero-order valence-corrected chi connectivity index (χ0v) is 13.1. The van der Waals surface area contributed by atoms with E-state index in [0.717, 1.165) is 23.9 Å². The molecule has 2 aromatic carbocycles. The first kappa shape index (κ1) is 14.2. The Morgan fingerprint density at radius 2 is 1.96 bits per heavy atom. The van der Waals surface area contributed by atoms with Crippen molar-refractivity contribution < 1.29 is 0 Å². The molecule has 1 unspecified atom stereocenters. The van der Waals surface area contributed by atoms with Crippen LogP contribution in [0.5, 0.6) is 0 Å². The number of hydrogen-bond acceptors (Lipinski definition) is 3. The van der Waals surface area contributed by atoms with E-state index in [4.69, 9.17) is 0 Å². The van der Waals surface area contributed by atoms with Crippen molar-refractivity contribution in [1.29, 1.82) is 0 Å². The van der Waals surface area contributed by atoms with Gasteiger partial charge in [-0.25, -0.2) is 4.98 Å². The lowest BCUT2D eigenvalue weighted by atomic mass is 10.1. The Morgan fingerprint density at radius 3 is 2.87 bits per heavy atom. The summed E-state index contributed by atoms with van der Waals surface area (Å²) in [6.07, 6.45) is 2.20. The molecule has 0 saturated heterocycles. The molecule has 1 N–H and O–H groups in total. The molecule has 4 nitrogen and oxygen atoms in total. The van der Waals surface area contributed by atoms with Crippen LogP contribution >= 0.6 is 0 Å². The van der Waals surface area contributed by atoms with Gasteiger partial charge < -0.3 is 4.98 Å². The Kier molecular flexibility index (Phi) is 3.46. The predicted molar refractivity (Wildman–Crippen MR) is 91.3 cm³/mol. The van der Waals surface area contributed by atoms with Crippen LogP contribution in [0.2, 0.25) is 0 Å². The molecule has 3 aromatic rings. The summed E-state index contributed by atoms with van der Waals surface area (Å²) >= 11 is 0. The van der Waals surface area contributed by atoms with Gasteiger partial charge in [0.1, 0.15) is 5.69 Å². The van der Waals surface area contributed by atoms with Crippen LogP contribution in [-0.4, -0.2) is 21.9 Å². The average molecular weight is 305 g/mol. The number of fused-ring (bicyclic) bond motifs is 2. The maximum absolute atomic E-state index is 12.3. The monoisotopic (exact) mass is 305 g/mol. The van der Waals surface area contributed by atoms with Crippen LogP contribution in [0.1, 0.15) is 29.3 Å². The maximum atomic E-state index is 12.3. The average Bonchev–Trinajstić information content (AvgIpc) is 2.99. The summed E-state index contributed by atoms with van der Waals surface area (Å²) in [5.41, 5.74) is 4.91. The van der Waals surface area contributed by atoms with Crippen LogP contribution in [0.25, 0.3) is 11.0 Å². The van der Waals surface area contributed by atoms with Crippen molar-refractivity contribution in [1.82, 2.24) is 14.9 Å². The Bertz CT molecular complexity index is 916. The fraction of sp³-hybridized carbons (Fsp3) is 0.263. The van der Waals surface area contributed by atoms with E-state index in [1.54, 1.807) is 0 Å². The molecule has 1 atom stereocenters. The van der Waals surface area contributed by atoms with E-state index in [-0.39, 0.29) is 5.56 Å². The highest BCUT2D eigenvalue weighted by Crippen LogP contribution is 2.35. The van der Waals surface area contributed by atoms with E-state index >= 15 is 0 Å². The number of benzene rings is 2. The Hall–Kier alpha value is -2.46. The van der Waals surface area contributed by atoms with Gasteiger partial charge in [-0.15, -0.1) is 0 Å². The number of nitrogens with zero attached hydrogens (tertiary/aromatic N) is 2. The normalized spacial score (nSPS) is 16.9. The molecule has 1 aliphatic rings. The van der Waals surface area contributed by atoms with E-state index in [9.17, 15) is 4.79 Å². The second kappa shape index (κ2) is 5.63. The molecule has 1 aromatic heterocycles. The summed E-state index contributed by atoms with van der Waals surface area (Å²) in [7, 11) is 2.07. The SMILES string of the molecule is CN(Cc1nc2ccccc2[nH]c1=O)C1CCc2ccccc21. The van der Waals surface area contributed by atoms with Crippen molar-refractivity contribution in [3.05, 3.63) is 75.7 Å². The number of aryl methyl sites for hydroxylation is 1. The number of aromatic nitrogens is 2. The van der Waals surface area contributed by atoms with Gasteiger partial charge in [0.15, 0.2) is 0 Å². The first-order chi connectivity index (χ1) is 11.2. The number of H-pyrrole nitrogens is 1. The van der Waals surface area contributed by atoms with E-state index < -0.39 is 0 Å². The van der Waals surface area contributed by atoms with E-state index in [1.807, 2.05) is 24.3 Å². The molecule has 4 rings (SSSR count). The van der Waals surface area contributed by atoms with Crippen LogP contribution in [0.15, 0.2) is 53.3 Å². The van der Waals surface area contributed by atoms with Crippen molar-refractivity contribution in [2.24, 2.45) is 0 Å². The second-order valence-electron chi connectivity index (χ2n) is 6.20. The molecule has 0 fully saturated rings. The van der Waals surface area contributed by atoms with Gasteiger partial charge in [-0.2, -0.15) is 0 Å². The van der Waals surface area contributed by atoms with Crippen molar-refractivity contribution in [3.63, 3.8) is 0 Å². The molecule has 4 heteroatoms. The van der Waals surface area contributed by atoms with Crippen molar-refractivity contribution in [3.8, 4) is 0 Å². The summed E-state index contributed by atoms with van der Waals surface area (Å²) in [4.78, 5) is 22.0. The number of para-hydroxylation sites is 2. The lowest BCUT2D eigenvalue weighted by Crippen LogP contribution is -2.27. The van der Waals surface area contributed by atoms with Crippen LogP contribution in [-0.2, 0) is 13.0 Å². The van der Waals surface area contributed by atoms with Crippen molar-refractivity contribution in [2.75, 3.05) is 7.05 Å². The van der Waals surface area contributed by atoms with Crippen LogP contribution in [0, 0.1) is 0 Å². The van der Waals surface area contributed by atoms with Gasteiger partial charge in [0, 0.05) is 12.6 Å². The molecule has 1 heterocycles. The minimum Gasteiger partial charge on any atom is -0.319 e. The van der Waals surface area contributed by atoms with E-state index in [1.165, 1.54) is 11.1 Å². The fourth-order valence-corrected chi connectivity index (χ4v) is 3.51. The Morgan fingerprint density at radius 1 is 1.17 bits per heavy atom. The van der Waals surface area contributed by atoms with Crippen LogP contribution in [0.4, 0.5) is 0 Å². The van der Waals surface area contributed by atoms with Gasteiger partial charge in [-0.05, 0) is 43.1 Å². The summed E-state index contributed by atoms with van der Waals surface area (Å²) in [6, 6.07) is 16.6. The Labute approximate surface area is 134 Å². The zero-order chi connectivity index (χ0) is 15.8. The largest absolute Gasteiger partial charge is 0.319 e. The van der Waals surface area contributed by atoms with Gasteiger partial charge in [0.2, 0.25) is 0 Å². The fourth-order valence-electron chi connectivity index (χ4n) is 3.51. The predicted octanol–water partition coefficient (Wildman–Crippen LogP) is 3.04. The van der Waals surface area contributed by atoms with Gasteiger partial charge in [-0.1, -0.05) is 36.4 Å². The minimum atomic E-state index is -0.0955. The van der Waals surface area contributed by atoms with Crippen molar-refractivity contribution in [2.45, 2.75) is 25.4 Å². The third-order valence-corrected chi connectivity index (χ3v) is 4.70. The molecule has 0 bridgehead atoms. The van der Waals surface area contributed by atoms with Gasteiger partial charge in [-0.3, -0.25) is 9.69 Å². The summed E-state index contributed by atoms with van der Waals surface area (Å²) in [6.45, 7) is 0.555.